The van der Waals surface area contributed by atoms with Gasteiger partial charge in [-0.25, -0.2) is 9.78 Å². The monoisotopic (exact) mass is 510 g/mol. The van der Waals surface area contributed by atoms with Crippen LogP contribution in [-0.2, 0) is 19.3 Å². The van der Waals surface area contributed by atoms with E-state index in [9.17, 15) is 18.0 Å². The number of ether oxygens (including phenoxy) is 1. The van der Waals surface area contributed by atoms with Crippen molar-refractivity contribution in [3.8, 4) is 5.88 Å². The standard InChI is InChI=1S/C28H29F3N4O2/c1-27(13-16-33(17-14-27)24-12-7-15-32-25(24)37-2)35-19-21-9-4-6-11-23(21)34(26(35)36)18-20-8-3-5-10-22(20)28(29,30)31/h3-12,15H,13-14,16-19H2,1-2H3. The molecule has 3 heterocycles. The van der Waals surface area contributed by atoms with Gasteiger partial charge in [-0.05, 0) is 55.2 Å². The molecule has 0 aliphatic carbocycles. The van der Waals surface area contributed by atoms with Crippen molar-refractivity contribution in [2.45, 2.75) is 44.6 Å². The molecule has 2 aliphatic heterocycles. The van der Waals surface area contributed by atoms with Crippen LogP contribution < -0.4 is 14.5 Å². The fraction of sp³-hybridized carbons (Fsp3) is 0.357. The van der Waals surface area contributed by atoms with Crippen molar-refractivity contribution in [2.24, 2.45) is 0 Å². The first kappa shape index (κ1) is 24.9. The van der Waals surface area contributed by atoms with Gasteiger partial charge in [0.25, 0.3) is 0 Å². The summed E-state index contributed by atoms with van der Waals surface area (Å²) in [6.45, 7) is 3.72. The third-order valence-corrected chi connectivity index (χ3v) is 7.50. The number of alkyl halides is 3. The number of halogens is 3. The number of hydrogen-bond acceptors (Lipinski definition) is 4. The molecule has 0 radical (unpaired) electrons. The number of anilines is 2. The second-order valence-electron chi connectivity index (χ2n) is 9.75. The largest absolute Gasteiger partial charge is 0.480 e. The number of aromatic nitrogens is 1. The lowest BCUT2D eigenvalue weighted by atomic mass is 9.86. The maximum Gasteiger partial charge on any atom is 0.416 e. The zero-order valence-corrected chi connectivity index (χ0v) is 20.8. The van der Waals surface area contributed by atoms with Gasteiger partial charge >= 0.3 is 12.2 Å². The molecule has 1 saturated heterocycles. The van der Waals surface area contributed by atoms with E-state index >= 15 is 0 Å². The molecule has 3 aromatic rings. The van der Waals surface area contributed by atoms with Crippen molar-refractivity contribution in [2.75, 3.05) is 30.0 Å². The molecule has 5 rings (SSSR count). The molecule has 2 aromatic carbocycles. The van der Waals surface area contributed by atoms with Gasteiger partial charge in [-0.3, -0.25) is 4.90 Å². The highest BCUT2D eigenvalue weighted by Crippen LogP contribution is 2.40. The number of carbonyl (C=O) groups excluding carboxylic acids is 1. The molecule has 0 atom stereocenters. The minimum atomic E-state index is -4.50. The Morgan fingerprint density at radius 2 is 1.65 bits per heavy atom. The number of carbonyl (C=O) groups is 1. The van der Waals surface area contributed by atoms with E-state index in [0.717, 1.165) is 17.3 Å². The molecule has 37 heavy (non-hydrogen) atoms. The number of amides is 2. The van der Waals surface area contributed by atoms with Gasteiger partial charge in [0.1, 0.15) is 0 Å². The Labute approximate surface area is 214 Å². The molecular weight excluding hydrogens is 481 g/mol. The zero-order chi connectivity index (χ0) is 26.2. The fourth-order valence-electron chi connectivity index (χ4n) is 5.35. The van der Waals surface area contributed by atoms with Crippen LogP contribution in [0, 0.1) is 0 Å². The van der Waals surface area contributed by atoms with Crippen LogP contribution in [0.4, 0.5) is 29.3 Å². The van der Waals surface area contributed by atoms with Crippen LogP contribution in [-0.4, -0.2) is 41.7 Å². The summed E-state index contributed by atoms with van der Waals surface area (Å²) < 4.78 is 46.6. The Morgan fingerprint density at radius 3 is 2.38 bits per heavy atom. The number of nitrogens with zero attached hydrogens (tertiary/aromatic N) is 4. The van der Waals surface area contributed by atoms with E-state index in [1.165, 1.54) is 17.0 Å². The van der Waals surface area contributed by atoms with Gasteiger partial charge in [-0.2, -0.15) is 13.2 Å². The lowest BCUT2D eigenvalue weighted by molar-refractivity contribution is -0.138. The number of methoxy groups -OCH3 is 1. The average Bonchev–Trinajstić information content (AvgIpc) is 2.90. The Kier molecular flexibility index (Phi) is 6.47. The minimum Gasteiger partial charge on any atom is -0.480 e. The van der Waals surface area contributed by atoms with Crippen LogP contribution in [0.25, 0.3) is 0 Å². The fourth-order valence-corrected chi connectivity index (χ4v) is 5.35. The quantitative estimate of drug-likeness (QED) is 0.416. The molecule has 194 valence electrons. The first-order valence-electron chi connectivity index (χ1n) is 12.3. The smallest absolute Gasteiger partial charge is 0.416 e. The van der Waals surface area contributed by atoms with Crippen molar-refractivity contribution >= 4 is 17.4 Å². The van der Waals surface area contributed by atoms with Gasteiger partial charge in [-0.15, -0.1) is 0 Å². The number of fused-ring (bicyclic) bond motifs is 1. The van der Waals surface area contributed by atoms with E-state index in [1.54, 1.807) is 25.4 Å². The summed E-state index contributed by atoms with van der Waals surface area (Å²) in [6.07, 6.45) is -1.41. The van der Waals surface area contributed by atoms with Crippen LogP contribution in [0.5, 0.6) is 5.88 Å². The number of rotatable bonds is 5. The molecule has 0 unspecified atom stereocenters. The highest BCUT2D eigenvalue weighted by atomic mass is 19.4. The number of hydrogen-bond donors (Lipinski definition) is 0. The SMILES string of the molecule is COc1ncccc1N1CCC(C)(N2Cc3ccccc3N(Cc3ccccc3C(F)(F)F)C2=O)CC1. The summed E-state index contributed by atoms with van der Waals surface area (Å²) in [5, 5.41) is 0. The molecule has 0 spiro atoms. The molecule has 2 aliphatic rings. The summed E-state index contributed by atoms with van der Waals surface area (Å²) in [5.41, 5.74) is 1.38. The number of piperidine rings is 1. The third-order valence-electron chi connectivity index (χ3n) is 7.50. The summed E-state index contributed by atoms with van der Waals surface area (Å²) in [5.74, 6) is 0.559. The van der Waals surface area contributed by atoms with E-state index in [2.05, 4.69) is 16.8 Å². The Hall–Kier alpha value is -3.75. The zero-order valence-electron chi connectivity index (χ0n) is 20.8. The number of para-hydroxylation sites is 1. The number of urea groups is 1. The van der Waals surface area contributed by atoms with Gasteiger partial charge in [0.15, 0.2) is 0 Å². The highest BCUT2D eigenvalue weighted by Gasteiger charge is 2.44. The van der Waals surface area contributed by atoms with E-state index in [1.807, 2.05) is 35.2 Å². The van der Waals surface area contributed by atoms with Crippen LogP contribution in [0.3, 0.4) is 0 Å². The molecule has 0 saturated carbocycles. The molecule has 2 amide bonds. The lowest BCUT2D eigenvalue weighted by Gasteiger charge is -2.50. The second-order valence-corrected chi connectivity index (χ2v) is 9.75. The van der Waals surface area contributed by atoms with Crippen molar-refractivity contribution in [1.29, 1.82) is 0 Å². The van der Waals surface area contributed by atoms with Gasteiger partial charge in [-0.1, -0.05) is 36.4 Å². The van der Waals surface area contributed by atoms with Crippen LogP contribution >= 0.6 is 0 Å². The topological polar surface area (TPSA) is 48.9 Å². The van der Waals surface area contributed by atoms with Crippen molar-refractivity contribution < 1.29 is 22.7 Å². The second kappa shape index (κ2) is 9.61. The Morgan fingerprint density at radius 1 is 0.973 bits per heavy atom. The van der Waals surface area contributed by atoms with Gasteiger partial charge < -0.3 is 14.5 Å². The van der Waals surface area contributed by atoms with Crippen LogP contribution in [0.2, 0.25) is 0 Å². The molecule has 9 heteroatoms. The lowest BCUT2D eigenvalue weighted by Crippen LogP contribution is -2.60. The van der Waals surface area contributed by atoms with Gasteiger partial charge in [0.2, 0.25) is 5.88 Å². The normalized spacial score (nSPS) is 17.5. The molecule has 1 aromatic heterocycles. The molecule has 0 bridgehead atoms. The molecule has 0 N–H and O–H groups in total. The summed E-state index contributed by atoms with van der Waals surface area (Å²) in [6, 6.07) is 16.5. The third kappa shape index (κ3) is 4.70. The predicted molar refractivity (Wildman–Crippen MR) is 136 cm³/mol. The maximum atomic E-state index is 13.9. The summed E-state index contributed by atoms with van der Waals surface area (Å²) >= 11 is 0. The molecule has 1 fully saturated rings. The molecule has 6 nitrogen and oxygen atoms in total. The van der Waals surface area contributed by atoms with E-state index in [4.69, 9.17) is 4.74 Å². The summed E-state index contributed by atoms with van der Waals surface area (Å²) in [4.78, 5) is 23.8. The van der Waals surface area contributed by atoms with Crippen molar-refractivity contribution in [1.82, 2.24) is 9.88 Å². The van der Waals surface area contributed by atoms with Gasteiger partial charge in [0.05, 0.1) is 37.1 Å². The first-order valence-corrected chi connectivity index (χ1v) is 12.3. The average molecular weight is 511 g/mol. The van der Waals surface area contributed by atoms with Crippen LogP contribution in [0.15, 0.2) is 66.9 Å². The predicted octanol–water partition coefficient (Wildman–Crippen LogP) is 6.11. The van der Waals surface area contributed by atoms with E-state index in [0.29, 0.717) is 44.0 Å². The Bertz CT molecular complexity index is 1290. The summed E-state index contributed by atoms with van der Waals surface area (Å²) in [7, 11) is 1.59. The Balaban J connectivity index is 1.42. The number of pyridine rings is 1. The molecular formula is C28H29F3N4O2. The van der Waals surface area contributed by atoms with Crippen molar-refractivity contribution in [3.05, 3.63) is 83.6 Å². The highest BCUT2D eigenvalue weighted by molar-refractivity contribution is 5.95. The first-order chi connectivity index (χ1) is 17.7. The van der Waals surface area contributed by atoms with E-state index in [-0.39, 0.29) is 18.1 Å². The minimum absolute atomic E-state index is 0.0728. The van der Waals surface area contributed by atoms with Crippen molar-refractivity contribution in [3.63, 3.8) is 0 Å². The van der Waals surface area contributed by atoms with E-state index < -0.39 is 17.3 Å². The van der Waals surface area contributed by atoms with Crippen LogP contribution in [0.1, 0.15) is 36.5 Å². The maximum absolute atomic E-state index is 13.9. The van der Waals surface area contributed by atoms with Gasteiger partial charge in [0, 0.05) is 24.8 Å². The number of benzene rings is 2.